The van der Waals surface area contributed by atoms with Gasteiger partial charge in [-0.1, -0.05) is 18.5 Å². The summed E-state index contributed by atoms with van der Waals surface area (Å²) in [6.45, 7) is 4.08. The minimum Gasteiger partial charge on any atom is -0.486 e. The summed E-state index contributed by atoms with van der Waals surface area (Å²) in [6, 6.07) is 3.11. The summed E-state index contributed by atoms with van der Waals surface area (Å²) in [6.07, 6.45) is 0.968. The molecule has 2 unspecified atom stereocenters. The van der Waals surface area contributed by atoms with Crippen molar-refractivity contribution in [3.05, 3.63) is 23.0 Å². The van der Waals surface area contributed by atoms with Crippen molar-refractivity contribution >= 4 is 17.3 Å². The van der Waals surface area contributed by atoms with E-state index in [0.717, 1.165) is 12.1 Å². The third kappa shape index (κ3) is 1.88. The first-order valence-electron chi connectivity index (χ1n) is 5.04. The van der Waals surface area contributed by atoms with Gasteiger partial charge in [0.25, 0.3) is 0 Å². The largest absolute Gasteiger partial charge is 0.486 e. The maximum atomic E-state index is 13.2. The molecule has 0 bridgehead atoms. The van der Waals surface area contributed by atoms with Gasteiger partial charge in [-0.25, -0.2) is 4.39 Å². The molecule has 0 aromatic heterocycles. The van der Waals surface area contributed by atoms with Crippen LogP contribution in [-0.2, 0) is 0 Å². The van der Waals surface area contributed by atoms with Crippen LogP contribution in [0.2, 0.25) is 5.02 Å². The van der Waals surface area contributed by atoms with Crippen LogP contribution in [0, 0.1) is 5.82 Å². The molecule has 15 heavy (non-hydrogen) atoms. The van der Waals surface area contributed by atoms with Crippen molar-refractivity contribution in [1.82, 2.24) is 0 Å². The van der Waals surface area contributed by atoms with Gasteiger partial charge in [-0.15, -0.1) is 0 Å². The Morgan fingerprint density at radius 2 is 2.27 bits per heavy atom. The summed E-state index contributed by atoms with van der Waals surface area (Å²) in [4.78, 5) is 0. The predicted octanol–water partition coefficient (Wildman–Crippen LogP) is 3.45. The van der Waals surface area contributed by atoms with Gasteiger partial charge in [0.05, 0.1) is 16.8 Å². The molecule has 2 nitrogen and oxygen atoms in total. The Morgan fingerprint density at radius 1 is 1.53 bits per heavy atom. The Labute approximate surface area is 93.4 Å². The van der Waals surface area contributed by atoms with Gasteiger partial charge in [0, 0.05) is 6.07 Å². The number of ether oxygens (including phenoxy) is 1. The van der Waals surface area contributed by atoms with Crippen LogP contribution in [0.4, 0.5) is 10.1 Å². The van der Waals surface area contributed by atoms with Crippen LogP contribution in [0.1, 0.15) is 20.3 Å². The highest BCUT2D eigenvalue weighted by Crippen LogP contribution is 2.35. The van der Waals surface area contributed by atoms with E-state index in [2.05, 4.69) is 5.32 Å². The summed E-state index contributed by atoms with van der Waals surface area (Å²) in [5, 5.41) is 3.37. The van der Waals surface area contributed by atoms with E-state index in [9.17, 15) is 4.39 Å². The van der Waals surface area contributed by atoms with Gasteiger partial charge in [-0.3, -0.25) is 0 Å². The number of benzene rings is 1. The van der Waals surface area contributed by atoms with Crippen LogP contribution in [-0.4, -0.2) is 12.1 Å². The quantitative estimate of drug-likeness (QED) is 0.797. The Balaban J connectivity index is 2.37. The smallest absolute Gasteiger partial charge is 0.145 e. The highest BCUT2D eigenvalue weighted by Gasteiger charge is 2.25. The molecule has 0 fully saturated rings. The topological polar surface area (TPSA) is 21.3 Å². The van der Waals surface area contributed by atoms with Gasteiger partial charge in [0.15, 0.2) is 0 Å². The molecular weight excluding hydrogens is 217 g/mol. The van der Waals surface area contributed by atoms with Crippen molar-refractivity contribution < 1.29 is 9.13 Å². The fourth-order valence-electron chi connectivity index (χ4n) is 1.78. The summed E-state index contributed by atoms with van der Waals surface area (Å²) >= 11 is 5.69. The van der Waals surface area contributed by atoms with Gasteiger partial charge in [0.2, 0.25) is 0 Å². The van der Waals surface area contributed by atoms with Crippen LogP contribution in [0.5, 0.6) is 5.75 Å². The average Bonchev–Trinajstić information content (AvgIpc) is 2.20. The van der Waals surface area contributed by atoms with Gasteiger partial charge < -0.3 is 10.1 Å². The van der Waals surface area contributed by atoms with Crippen LogP contribution in [0.25, 0.3) is 0 Å². The summed E-state index contributed by atoms with van der Waals surface area (Å²) in [5.41, 5.74) is 0.763. The Hall–Kier alpha value is -0.960. The van der Waals surface area contributed by atoms with Crippen molar-refractivity contribution in [2.24, 2.45) is 0 Å². The van der Waals surface area contributed by atoms with E-state index in [1.54, 1.807) is 6.07 Å². The molecule has 82 valence electrons. The molecule has 0 amide bonds. The molecule has 1 aliphatic heterocycles. The molecule has 1 N–H and O–H groups in total. The summed E-state index contributed by atoms with van der Waals surface area (Å²) < 4.78 is 18.9. The van der Waals surface area contributed by atoms with Crippen molar-refractivity contribution in [3.8, 4) is 5.75 Å². The lowest BCUT2D eigenvalue weighted by atomic mass is 10.1. The molecule has 2 rings (SSSR count). The second-order valence-electron chi connectivity index (χ2n) is 3.76. The molecule has 2 atom stereocenters. The molecule has 0 saturated heterocycles. The second kappa shape index (κ2) is 3.89. The molecule has 1 aromatic carbocycles. The lowest BCUT2D eigenvalue weighted by Gasteiger charge is -2.32. The first kappa shape index (κ1) is 10.6. The molecule has 0 saturated carbocycles. The van der Waals surface area contributed by atoms with E-state index in [0.29, 0.717) is 5.75 Å². The number of hydrogen-bond donors (Lipinski definition) is 1. The standard InChI is InChI=1S/C11H13ClFNO/c1-3-10-6(2)14-9-4-7(12)8(13)5-11(9)15-10/h4-6,10,14H,3H2,1-2H3. The van der Waals surface area contributed by atoms with Gasteiger partial charge in [-0.05, 0) is 19.4 Å². The number of nitrogens with one attached hydrogen (secondary N) is 1. The highest BCUT2D eigenvalue weighted by atomic mass is 35.5. The van der Waals surface area contributed by atoms with Crippen molar-refractivity contribution in [1.29, 1.82) is 0 Å². The third-order valence-electron chi connectivity index (χ3n) is 2.64. The predicted molar refractivity (Wildman–Crippen MR) is 59.2 cm³/mol. The first-order valence-corrected chi connectivity index (χ1v) is 5.42. The van der Waals surface area contributed by atoms with Crippen LogP contribution >= 0.6 is 11.6 Å². The normalized spacial score (nSPS) is 24.0. The lowest BCUT2D eigenvalue weighted by molar-refractivity contribution is 0.169. The zero-order valence-electron chi connectivity index (χ0n) is 8.68. The van der Waals surface area contributed by atoms with E-state index in [1.807, 2.05) is 13.8 Å². The van der Waals surface area contributed by atoms with Crippen LogP contribution < -0.4 is 10.1 Å². The minimum atomic E-state index is -0.443. The molecule has 0 radical (unpaired) electrons. The van der Waals surface area contributed by atoms with E-state index in [4.69, 9.17) is 16.3 Å². The number of halogens is 2. The zero-order valence-corrected chi connectivity index (χ0v) is 9.44. The van der Waals surface area contributed by atoms with E-state index in [1.165, 1.54) is 6.07 Å². The fourth-order valence-corrected chi connectivity index (χ4v) is 1.94. The Kier molecular flexibility index (Phi) is 2.74. The maximum absolute atomic E-state index is 13.2. The van der Waals surface area contributed by atoms with E-state index < -0.39 is 5.82 Å². The number of rotatable bonds is 1. The van der Waals surface area contributed by atoms with E-state index in [-0.39, 0.29) is 17.2 Å². The summed E-state index contributed by atoms with van der Waals surface area (Å²) in [7, 11) is 0. The molecule has 1 heterocycles. The van der Waals surface area contributed by atoms with Crippen LogP contribution in [0.15, 0.2) is 12.1 Å². The lowest BCUT2D eigenvalue weighted by Crippen LogP contribution is -2.38. The molecule has 1 aromatic rings. The summed E-state index contributed by atoms with van der Waals surface area (Å²) in [5.74, 6) is 0.100. The molecule has 1 aliphatic rings. The zero-order chi connectivity index (χ0) is 11.0. The monoisotopic (exact) mass is 229 g/mol. The van der Waals surface area contributed by atoms with Gasteiger partial charge in [0.1, 0.15) is 17.7 Å². The number of hydrogen-bond acceptors (Lipinski definition) is 2. The number of fused-ring (bicyclic) bond motifs is 1. The molecular formula is C11H13ClFNO. The van der Waals surface area contributed by atoms with Crippen LogP contribution in [0.3, 0.4) is 0 Å². The highest BCUT2D eigenvalue weighted by molar-refractivity contribution is 6.31. The number of anilines is 1. The molecule has 0 spiro atoms. The third-order valence-corrected chi connectivity index (χ3v) is 2.93. The molecule has 0 aliphatic carbocycles. The van der Waals surface area contributed by atoms with Crippen molar-refractivity contribution in [2.45, 2.75) is 32.4 Å². The Morgan fingerprint density at radius 3 is 2.93 bits per heavy atom. The van der Waals surface area contributed by atoms with Crippen molar-refractivity contribution in [2.75, 3.05) is 5.32 Å². The fraction of sp³-hybridized carbons (Fsp3) is 0.455. The maximum Gasteiger partial charge on any atom is 0.145 e. The van der Waals surface area contributed by atoms with Gasteiger partial charge >= 0.3 is 0 Å². The minimum absolute atomic E-state index is 0.0816. The van der Waals surface area contributed by atoms with Crippen molar-refractivity contribution in [3.63, 3.8) is 0 Å². The second-order valence-corrected chi connectivity index (χ2v) is 4.17. The average molecular weight is 230 g/mol. The van der Waals surface area contributed by atoms with E-state index >= 15 is 0 Å². The SMILES string of the molecule is CCC1Oc2cc(F)c(Cl)cc2NC1C. The van der Waals surface area contributed by atoms with Gasteiger partial charge in [-0.2, -0.15) is 0 Å². The first-order chi connectivity index (χ1) is 7.11. The molecule has 4 heteroatoms. The Bertz CT molecular complexity index is 383.